The van der Waals surface area contributed by atoms with E-state index < -0.39 is 0 Å². The molecule has 1 heterocycles. The Bertz CT molecular complexity index is 948. The van der Waals surface area contributed by atoms with Crippen LogP contribution in [-0.2, 0) is 4.74 Å². The van der Waals surface area contributed by atoms with Gasteiger partial charge in [0, 0.05) is 23.1 Å². The average Bonchev–Trinajstić information content (AvgIpc) is 2.60. The molecule has 0 saturated carbocycles. The minimum Gasteiger partial charge on any atom is -0.465 e. The molecule has 1 aromatic heterocycles. The van der Waals surface area contributed by atoms with Crippen LogP contribution in [0, 0.1) is 20.8 Å². The first-order valence-corrected chi connectivity index (χ1v) is 8.59. The number of nitrogens with zero attached hydrogens (tertiary/aromatic N) is 2. The normalized spacial score (nSPS) is 10.4. The molecule has 0 aliphatic heterocycles. The summed E-state index contributed by atoms with van der Waals surface area (Å²) in [6.45, 7) is 6.04. The number of ether oxygens (including phenoxy) is 1. The van der Waals surface area contributed by atoms with Gasteiger partial charge in [-0.2, -0.15) is 4.98 Å². The van der Waals surface area contributed by atoms with Gasteiger partial charge in [-0.25, -0.2) is 9.78 Å². The van der Waals surface area contributed by atoms with Crippen LogP contribution in [0.3, 0.4) is 0 Å². The number of esters is 1. The third kappa shape index (κ3) is 4.82. The maximum absolute atomic E-state index is 11.5. The van der Waals surface area contributed by atoms with Gasteiger partial charge < -0.3 is 15.4 Å². The highest BCUT2D eigenvalue weighted by Gasteiger charge is 2.07. The summed E-state index contributed by atoms with van der Waals surface area (Å²) in [5.41, 5.74) is 5.47. The van der Waals surface area contributed by atoms with Gasteiger partial charge in [0.15, 0.2) is 0 Å². The third-order valence-electron chi connectivity index (χ3n) is 3.91. The summed E-state index contributed by atoms with van der Waals surface area (Å²) in [5.74, 6) is 0.821. The number of carbonyl (C=O) groups excluding carboxylic acids is 1. The number of hydrogen-bond donors (Lipinski definition) is 2. The smallest absolute Gasteiger partial charge is 0.337 e. The Hall–Kier alpha value is -3.41. The standard InChI is InChI=1S/C21H22N4O2/c1-13-9-14(2)11-18(10-13)23-19-12-15(3)22-21(25-19)24-17-7-5-16(6-8-17)20(26)27-4/h5-12H,1-4H3,(H2,22,23,24,25). The molecule has 2 aromatic carbocycles. The molecule has 0 aliphatic rings. The molecule has 0 spiro atoms. The van der Waals surface area contributed by atoms with Crippen LogP contribution >= 0.6 is 0 Å². The van der Waals surface area contributed by atoms with Crippen molar-refractivity contribution in [2.75, 3.05) is 17.7 Å². The first-order chi connectivity index (χ1) is 12.9. The molecule has 3 rings (SSSR count). The maximum atomic E-state index is 11.5. The molecule has 0 saturated heterocycles. The lowest BCUT2D eigenvalue weighted by molar-refractivity contribution is 0.0601. The summed E-state index contributed by atoms with van der Waals surface area (Å²) < 4.78 is 4.71. The number of methoxy groups -OCH3 is 1. The van der Waals surface area contributed by atoms with E-state index in [0.717, 1.165) is 17.1 Å². The first kappa shape index (κ1) is 18.4. The van der Waals surface area contributed by atoms with Crippen LogP contribution in [0.25, 0.3) is 0 Å². The van der Waals surface area contributed by atoms with Crippen LogP contribution in [-0.4, -0.2) is 23.0 Å². The van der Waals surface area contributed by atoms with E-state index in [0.29, 0.717) is 17.3 Å². The molecule has 0 bridgehead atoms. The van der Waals surface area contributed by atoms with Gasteiger partial charge in [0.2, 0.25) is 5.95 Å². The van der Waals surface area contributed by atoms with Crippen LogP contribution in [0.5, 0.6) is 0 Å². The van der Waals surface area contributed by atoms with Gasteiger partial charge in [-0.3, -0.25) is 0 Å². The fraction of sp³-hybridized carbons (Fsp3) is 0.190. The number of aromatic nitrogens is 2. The lowest BCUT2D eigenvalue weighted by Crippen LogP contribution is -2.04. The van der Waals surface area contributed by atoms with Gasteiger partial charge in [0.25, 0.3) is 0 Å². The predicted octanol–water partition coefficient (Wildman–Crippen LogP) is 4.68. The molecular formula is C21H22N4O2. The van der Waals surface area contributed by atoms with Crippen molar-refractivity contribution in [3.8, 4) is 0 Å². The highest BCUT2D eigenvalue weighted by molar-refractivity contribution is 5.89. The van der Waals surface area contributed by atoms with Crippen molar-refractivity contribution >= 4 is 29.1 Å². The van der Waals surface area contributed by atoms with Crippen molar-refractivity contribution in [2.45, 2.75) is 20.8 Å². The lowest BCUT2D eigenvalue weighted by atomic mass is 10.1. The Balaban J connectivity index is 1.79. The highest BCUT2D eigenvalue weighted by Crippen LogP contribution is 2.21. The van der Waals surface area contributed by atoms with Gasteiger partial charge in [0.1, 0.15) is 5.82 Å². The van der Waals surface area contributed by atoms with Gasteiger partial charge in [-0.15, -0.1) is 0 Å². The minimum atomic E-state index is -0.367. The quantitative estimate of drug-likeness (QED) is 0.642. The summed E-state index contributed by atoms with van der Waals surface area (Å²) >= 11 is 0. The number of hydrogen-bond acceptors (Lipinski definition) is 6. The summed E-state index contributed by atoms with van der Waals surface area (Å²) in [6.07, 6.45) is 0. The van der Waals surface area contributed by atoms with E-state index in [1.165, 1.54) is 18.2 Å². The minimum absolute atomic E-state index is 0.367. The number of anilines is 4. The predicted molar refractivity (Wildman–Crippen MR) is 107 cm³/mol. The molecule has 0 aliphatic carbocycles. The molecule has 138 valence electrons. The Kier molecular flexibility index (Phi) is 5.35. The number of benzene rings is 2. The van der Waals surface area contributed by atoms with Gasteiger partial charge >= 0.3 is 5.97 Å². The van der Waals surface area contributed by atoms with Gasteiger partial charge in [-0.05, 0) is 68.3 Å². The topological polar surface area (TPSA) is 76.1 Å². The average molecular weight is 362 g/mol. The summed E-state index contributed by atoms with van der Waals surface area (Å²) in [6, 6.07) is 15.1. The van der Waals surface area contributed by atoms with E-state index >= 15 is 0 Å². The lowest BCUT2D eigenvalue weighted by Gasteiger charge is -2.11. The van der Waals surface area contributed by atoms with E-state index in [9.17, 15) is 4.79 Å². The van der Waals surface area contributed by atoms with E-state index in [4.69, 9.17) is 4.74 Å². The molecule has 0 radical (unpaired) electrons. The van der Waals surface area contributed by atoms with Crippen molar-refractivity contribution in [1.29, 1.82) is 0 Å². The number of carbonyl (C=O) groups is 1. The Morgan fingerprint density at radius 1 is 0.852 bits per heavy atom. The zero-order valence-corrected chi connectivity index (χ0v) is 15.8. The molecule has 0 amide bonds. The molecule has 6 nitrogen and oxygen atoms in total. The highest BCUT2D eigenvalue weighted by atomic mass is 16.5. The Morgan fingerprint density at radius 2 is 1.52 bits per heavy atom. The second kappa shape index (κ2) is 7.86. The summed E-state index contributed by atoms with van der Waals surface area (Å²) in [4.78, 5) is 20.5. The van der Waals surface area contributed by atoms with E-state index in [-0.39, 0.29) is 5.97 Å². The Labute approximate surface area is 158 Å². The molecular weight excluding hydrogens is 340 g/mol. The zero-order valence-electron chi connectivity index (χ0n) is 15.8. The van der Waals surface area contributed by atoms with E-state index in [2.05, 4.69) is 52.6 Å². The van der Waals surface area contributed by atoms with Gasteiger partial charge in [-0.1, -0.05) is 6.07 Å². The van der Waals surface area contributed by atoms with E-state index in [1.807, 2.05) is 13.0 Å². The van der Waals surface area contributed by atoms with Crippen LogP contribution < -0.4 is 10.6 Å². The van der Waals surface area contributed by atoms with Gasteiger partial charge in [0.05, 0.1) is 12.7 Å². The van der Waals surface area contributed by atoms with Crippen molar-refractivity contribution < 1.29 is 9.53 Å². The fourth-order valence-electron chi connectivity index (χ4n) is 2.82. The van der Waals surface area contributed by atoms with Crippen LogP contribution in [0.4, 0.5) is 23.1 Å². The van der Waals surface area contributed by atoms with Crippen LogP contribution in [0.15, 0.2) is 48.5 Å². The molecule has 2 N–H and O–H groups in total. The SMILES string of the molecule is COC(=O)c1ccc(Nc2nc(C)cc(Nc3cc(C)cc(C)c3)n2)cc1. The van der Waals surface area contributed by atoms with Crippen LogP contribution in [0.2, 0.25) is 0 Å². The second-order valence-electron chi connectivity index (χ2n) is 6.41. The second-order valence-corrected chi connectivity index (χ2v) is 6.41. The molecule has 27 heavy (non-hydrogen) atoms. The molecule has 3 aromatic rings. The van der Waals surface area contributed by atoms with Crippen molar-refractivity contribution in [3.05, 3.63) is 70.9 Å². The fourth-order valence-corrected chi connectivity index (χ4v) is 2.82. The van der Waals surface area contributed by atoms with Crippen molar-refractivity contribution in [3.63, 3.8) is 0 Å². The third-order valence-corrected chi connectivity index (χ3v) is 3.91. The zero-order chi connectivity index (χ0) is 19.4. The summed E-state index contributed by atoms with van der Waals surface area (Å²) in [7, 11) is 1.36. The van der Waals surface area contributed by atoms with Crippen LogP contribution in [0.1, 0.15) is 27.2 Å². The number of rotatable bonds is 5. The molecule has 0 fully saturated rings. The van der Waals surface area contributed by atoms with Crippen molar-refractivity contribution in [2.24, 2.45) is 0 Å². The monoisotopic (exact) mass is 362 g/mol. The first-order valence-electron chi connectivity index (χ1n) is 8.59. The number of nitrogens with one attached hydrogen (secondary N) is 2. The number of aryl methyl sites for hydroxylation is 3. The maximum Gasteiger partial charge on any atom is 0.337 e. The molecule has 0 unspecified atom stereocenters. The molecule has 0 atom stereocenters. The summed E-state index contributed by atoms with van der Waals surface area (Å²) in [5, 5.41) is 6.50. The largest absolute Gasteiger partial charge is 0.465 e. The Morgan fingerprint density at radius 3 is 2.15 bits per heavy atom. The van der Waals surface area contributed by atoms with Crippen molar-refractivity contribution in [1.82, 2.24) is 9.97 Å². The van der Waals surface area contributed by atoms with E-state index in [1.54, 1.807) is 24.3 Å². The molecule has 6 heteroatoms.